The standard InChI is InChI=1S/C24H26F4N2O3S/c25-17-7-11-29-19(22(17)30-34-24(28)9-10-24)13-14-3-1-4-15(21(14)27)16-5-2-6-18(26)23(16)33-12-8-20(31)32/h1-6,17,19,22,29-30H,7-13H2,(H,31,32)/t17-,19-,22-/m0/s1. The van der Waals surface area contributed by atoms with Gasteiger partial charge in [0.2, 0.25) is 0 Å². The number of carboxylic acids is 1. The first-order chi connectivity index (χ1) is 16.3. The van der Waals surface area contributed by atoms with Gasteiger partial charge in [-0.3, -0.25) is 9.52 Å². The lowest BCUT2D eigenvalue weighted by Crippen LogP contribution is -2.57. The lowest BCUT2D eigenvalue weighted by Gasteiger charge is -2.36. The maximum absolute atomic E-state index is 15.6. The van der Waals surface area contributed by atoms with Crippen LogP contribution >= 0.6 is 11.9 Å². The first-order valence-corrected chi connectivity index (χ1v) is 12.0. The first-order valence-electron chi connectivity index (χ1n) is 11.2. The minimum atomic E-state index is -1.36. The summed E-state index contributed by atoms with van der Waals surface area (Å²) < 4.78 is 67.1. The topological polar surface area (TPSA) is 70.6 Å². The molecule has 4 rings (SSSR count). The number of carboxylic acid groups (broad SMARTS) is 1. The molecule has 0 bridgehead atoms. The second-order valence-corrected chi connectivity index (χ2v) is 9.76. The monoisotopic (exact) mass is 498 g/mol. The molecule has 1 heterocycles. The van der Waals surface area contributed by atoms with E-state index in [-0.39, 0.29) is 42.7 Å². The number of aliphatic carboxylic acids is 1. The van der Waals surface area contributed by atoms with Crippen LogP contribution in [0.4, 0.5) is 17.6 Å². The van der Waals surface area contributed by atoms with E-state index < -0.39 is 40.9 Å². The molecule has 1 saturated heterocycles. The number of benzene rings is 2. The van der Waals surface area contributed by atoms with Gasteiger partial charge in [0.05, 0.1) is 19.1 Å². The van der Waals surface area contributed by atoms with Crippen LogP contribution in [0.25, 0.3) is 11.1 Å². The van der Waals surface area contributed by atoms with Crippen LogP contribution in [0.3, 0.4) is 0 Å². The molecular weight excluding hydrogens is 472 g/mol. The van der Waals surface area contributed by atoms with E-state index in [2.05, 4.69) is 10.0 Å². The number of alkyl halides is 2. The van der Waals surface area contributed by atoms with Gasteiger partial charge in [0.15, 0.2) is 16.6 Å². The second kappa shape index (κ2) is 10.5. The van der Waals surface area contributed by atoms with Gasteiger partial charge >= 0.3 is 5.97 Å². The number of ether oxygens (including phenoxy) is 1. The van der Waals surface area contributed by atoms with Crippen LogP contribution in [0.2, 0.25) is 0 Å². The third-order valence-electron chi connectivity index (χ3n) is 6.01. The Kier molecular flexibility index (Phi) is 7.69. The van der Waals surface area contributed by atoms with E-state index in [0.717, 1.165) is 18.0 Å². The van der Waals surface area contributed by atoms with Crippen molar-refractivity contribution in [1.82, 2.24) is 10.0 Å². The number of para-hydroxylation sites is 1. The highest BCUT2D eigenvalue weighted by molar-refractivity contribution is 7.98. The third-order valence-corrected chi connectivity index (χ3v) is 7.17. The number of rotatable bonds is 10. The van der Waals surface area contributed by atoms with Crippen molar-refractivity contribution in [2.45, 2.75) is 55.4 Å². The van der Waals surface area contributed by atoms with Crippen LogP contribution in [0.5, 0.6) is 5.75 Å². The molecule has 2 aromatic rings. The Balaban J connectivity index is 1.56. The summed E-state index contributed by atoms with van der Waals surface area (Å²) in [6.07, 6.45) is -0.273. The molecule has 0 unspecified atom stereocenters. The number of hydrogen-bond acceptors (Lipinski definition) is 5. The fourth-order valence-corrected chi connectivity index (χ4v) is 4.95. The first kappa shape index (κ1) is 24.8. The normalized spacial score (nSPS) is 23.5. The number of carbonyl (C=O) groups is 1. The number of nitrogens with one attached hydrogen (secondary N) is 2. The molecule has 2 aliphatic rings. The van der Waals surface area contributed by atoms with Crippen molar-refractivity contribution in [3.63, 3.8) is 0 Å². The van der Waals surface area contributed by atoms with Gasteiger partial charge in [-0.2, -0.15) is 0 Å². The highest BCUT2D eigenvalue weighted by atomic mass is 32.2. The van der Waals surface area contributed by atoms with Gasteiger partial charge in [-0.15, -0.1) is 0 Å². The molecule has 5 nitrogen and oxygen atoms in total. The van der Waals surface area contributed by atoms with Crippen molar-refractivity contribution in [3.05, 3.63) is 53.6 Å². The third kappa shape index (κ3) is 5.84. The summed E-state index contributed by atoms with van der Waals surface area (Å²) in [5.74, 6) is -2.66. The maximum Gasteiger partial charge on any atom is 0.306 e. The Morgan fingerprint density at radius 1 is 1.21 bits per heavy atom. The lowest BCUT2D eigenvalue weighted by molar-refractivity contribution is -0.137. The van der Waals surface area contributed by atoms with E-state index in [1.807, 2.05) is 0 Å². The average molecular weight is 499 g/mol. The Morgan fingerprint density at radius 3 is 2.68 bits per heavy atom. The molecule has 1 aliphatic heterocycles. The molecule has 0 amide bonds. The van der Waals surface area contributed by atoms with Crippen LogP contribution < -0.4 is 14.8 Å². The zero-order chi connectivity index (χ0) is 24.3. The van der Waals surface area contributed by atoms with Gasteiger partial charge in [0.1, 0.15) is 12.0 Å². The van der Waals surface area contributed by atoms with Gasteiger partial charge in [-0.05, 0) is 55.8 Å². The zero-order valence-electron chi connectivity index (χ0n) is 18.3. The summed E-state index contributed by atoms with van der Waals surface area (Å²) in [5.41, 5.74) is 0.542. The molecule has 3 atom stereocenters. The molecule has 34 heavy (non-hydrogen) atoms. The molecule has 0 radical (unpaired) electrons. The largest absolute Gasteiger partial charge is 0.489 e. The summed E-state index contributed by atoms with van der Waals surface area (Å²) >= 11 is 0.896. The molecule has 0 spiro atoms. The zero-order valence-corrected chi connectivity index (χ0v) is 19.1. The van der Waals surface area contributed by atoms with Crippen molar-refractivity contribution in [2.75, 3.05) is 13.2 Å². The highest BCUT2D eigenvalue weighted by Crippen LogP contribution is 2.48. The van der Waals surface area contributed by atoms with E-state index in [1.54, 1.807) is 12.1 Å². The van der Waals surface area contributed by atoms with E-state index in [9.17, 15) is 18.0 Å². The molecular formula is C24H26F4N2O3S. The predicted octanol–water partition coefficient (Wildman–Crippen LogP) is 4.79. The predicted molar refractivity (Wildman–Crippen MR) is 122 cm³/mol. The van der Waals surface area contributed by atoms with E-state index in [4.69, 9.17) is 9.84 Å². The molecule has 0 aromatic heterocycles. The van der Waals surface area contributed by atoms with E-state index >= 15 is 4.39 Å². The molecule has 184 valence electrons. The minimum Gasteiger partial charge on any atom is -0.489 e. The van der Waals surface area contributed by atoms with E-state index in [0.29, 0.717) is 24.9 Å². The number of piperidine rings is 1. The van der Waals surface area contributed by atoms with Gasteiger partial charge < -0.3 is 15.2 Å². The average Bonchev–Trinajstić information content (AvgIpc) is 3.53. The summed E-state index contributed by atoms with van der Waals surface area (Å²) in [6.45, 7) is 0.151. The van der Waals surface area contributed by atoms with Gasteiger partial charge in [0.25, 0.3) is 0 Å². The van der Waals surface area contributed by atoms with Crippen LogP contribution in [0.1, 0.15) is 31.2 Å². The van der Waals surface area contributed by atoms with Crippen molar-refractivity contribution in [3.8, 4) is 16.9 Å². The van der Waals surface area contributed by atoms with Crippen molar-refractivity contribution < 1.29 is 32.2 Å². The Hall–Kier alpha value is -2.30. The van der Waals surface area contributed by atoms with Crippen molar-refractivity contribution in [2.24, 2.45) is 0 Å². The minimum absolute atomic E-state index is 0.0921. The van der Waals surface area contributed by atoms with Crippen molar-refractivity contribution in [1.29, 1.82) is 0 Å². The molecule has 10 heteroatoms. The van der Waals surface area contributed by atoms with Crippen LogP contribution in [0.15, 0.2) is 36.4 Å². The fourth-order valence-electron chi connectivity index (χ4n) is 3.98. The van der Waals surface area contributed by atoms with Gasteiger partial charge in [-0.1, -0.05) is 30.3 Å². The molecule has 1 saturated carbocycles. The molecule has 3 N–H and O–H groups in total. The van der Waals surface area contributed by atoms with E-state index in [1.165, 1.54) is 18.2 Å². The Morgan fingerprint density at radius 2 is 1.94 bits per heavy atom. The molecule has 1 aliphatic carbocycles. The lowest BCUT2D eigenvalue weighted by atomic mass is 9.90. The fraction of sp³-hybridized carbons (Fsp3) is 0.458. The molecule has 2 aromatic carbocycles. The molecule has 2 fully saturated rings. The van der Waals surface area contributed by atoms with Crippen LogP contribution in [-0.4, -0.2) is 47.5 Å². The van der Waals surface area contributed by atoms with Gasteiger partial charge in [-0.25, -0.2) is 17.6 Å². The smallest absolute Gasteiger partial charge is 0.306 e. The second-order valence-electron chi connectivity index (χ2n) is 8.59. The quantitative estimate of drug-likeness (QED) is 0.323. The van der Waals surface area contributed by atoms with Gasteiger partial charge in [0, 0.05) is 17.2 Å². The summed E-state index contributed by atoms with van der Waals surface area (Å²) in [5, 5.41) is 10.7. The summed E-state index contributed by atoms with van der Waals surface area (Å²) in [6, 6.07) is 7.58. The highest BCUT2D eigenvalue weighted by Gasteiger charge is 2.46. The summed E-state index contributed by atoms with van der Waals surface area (Å²) in [4.78, 5) is 10.8. The van der Waals surface area contributed by atoms with Crippen molar-refractivity contribution >= 4 is 17.9 Å². The van der Waals surface area contributed by atoms with Crippen LogP contribution in [0, 0.1) is 11.6 Å². The Bertz CT molecular complexity index is 1040. The maximum atomic E-state index is 15.6. The summed E-state index contributed by atoms with van der Waals surface area (Å²) in [7, 11) is 0. The Labute approximate surface area is 199 Å². The number of halogens is 4. The van der Waals surface area contributed by atoms with Crippen LogP contribution in [-0.2, 0) is 11.2 Å². The number of hydrogen-bond donors (Lipinski definition) is 3. The SMILES string of the molecule is O=C(O)CCOc1c(F)cccc1-c1cccc(C[C@@H]2NCC[C@H](F)[C@@H]2NSC2(F)CC2)c1F.